The molecular weight excluding hydrogens is 282 g/mol. The summed E-state index contributed by atoms with van der Waals surface area (Å²) < 4.78 is 26.7. The summed E-state index contributed by atoms with van der Waals surface area (Å²) in [6.45, 7) is 2.13. The first kappa shape index (κ1) is 14.1. The second-order valence-electron chi connectivity index (χ2n) is 4.27. The highest BCUT2D eigenvalue weighted by atomic mass is 35.5. The molecule has 0 fully saturated rings. The molecule has 0 amide bonds. The Morgan fingerprint density at radius 2 is 1.79 bits per heavy atom. The van der Waals surface area contributed by atoms with Gasteiger partial charge in [0.25, 0.3) is 0 Å². The largest absolute Gasteiger partial charge is 0.240 e. The zero-order chi connectivity index (χ0) is 13.9. The van der Waals surface area contributed by atoms with Crippen molar-refractivity contribution in [1.29, 1.82) is 0 Å². The molecule has 3 nitrogen and oxygen atoms in total. The molecule has 0 aliphatic carbocycles. The van der Waals surface area contributed by atoms with E-state index in [2.05, 4.69) is 4.72 Å². The molecule has 5 heteroatoms. The fourth-order valence-electron chi connectivity index (χ4n) is 1.63. The number of aryl methyl sites for hydroxylation is 1. The molecule has 0 saturated heterocycles. The highest BCUT2D eigenvalue weighted by Gasteiger charge is 2.12. The quantitative estimate of drug-likeness (QED) is 0.942. The van der Waals surface area contributed by atoms with Crippen LogP contribution in [-0.4, -0.2) is 8.42 Å². The molecule has 100 valence electrons. The van der Waals surface area contributed by atoms with Gasteiger partial charge < -0.3 is 0 Å². The Kier molecular flexibility index (Phi) is 4.24. The fraction of sp³-hybridized carbons (Fsp3) is 0.143. The van der Waals surface area contributed by atoms with E-state index in [1.807, 2.05) is 13.0 Å². The second kappa shape index (κ2) is 5.74. The van der Waals surface area contributed by atoms with Crippen LogP contribution in [0.15, 0.2) is 53.4 Å². The molecule has 0 aliphatic rings. The summed E-state index contributed by atoms with van der Waals surface area (Å²) in [6.07, 6.45) is 0. The van der Waals surface area contributed by atoms with E-state index in [1.54, 1.807) is 42.5 Å². The molecule has 1 N–H and O–H groups in total. The first-order valence-corrected chi connectivity index (χ1v) is 7.64. The van der Waals surface area contributed by atoms with Crippen LogP contribution in [0.2, 0.25) is 5.02 Å². The van der Waals surface area contributed by atoms with Crippen molar-refractivity contribution in [3.63, 3.8) is 0 Å². The molecule has 0 aliphatic heterocycles. The topological polar surface area (TPSA) is 46.2 Å². The monoisotopic (exact) mass is 295 g/mol. The summed E-state index contributed by atoms with van der Waals surface area (Å²) in [5.74, 6) is 0. The zero-order valence-corrected chi connectivity index (χ0v) is 12.0. The van der Waals surface area contributed by atoms with E-state index in [0.29, 0.717) is 5.02 Å². The maximum atomic E-state index is 12.1. The molecule has 0 heterocycles. The molecule has 0 unspecified atom stereocenters. The maximum absolute atomic E-state index is 12.1. The average Bonchev–Trinajstić information content (AvgIpc) is 2.37. The molecule has 0 radical (unpaired) electrons. The summed E-state index contributed by atoms with van der Waals surface area (Å²) in [5.41, 5.74) is 1.84. The Balaban J connectivity index is 2.12. The van der Waals surface area contributed by atoms with Gasteiger partial charge in [-0.3, -0.25) is 0 Å². The van der Waals surface area contributed by atoms with Gasteiger partial charge in [0, 0.05) is 11.6 Å². The highest BCUT2D eigenvalue weighted by Crippen LogP contribution is 2.13. The number of hydrogen-bond donors (Lipinski definition) is 1. The van der Waals surface area contributed by atoms with Crippen LogP contribution in [0.25, 0.3) is 0 Å². The molecule has 19 heavy (non-hydrogen) atoms. The van der Waals surface area contributed by atoms with Crippen LogP contribution in [-0.2, 0) is 16.6 Å². The van der Waals surface area contributed by atoms with Crippen LogP contribution in [0.5, 0.6) is 0 Å². The van der Waals surface area contributed by atoms with Gasteiger partial charge >= 0.3 is 0 Å². The summed E-state index contributed by atoms with van der Waals surface area (Å²) >= 11 is 5.85. The molecule has 2 rings (SSSR count). The highest BCUT2D eigenvalue weighted by molar-refractivity contribution is 7.89. The van der Waals surface area contributed by atoms with Gasteiger partial charge in [-0.1, -0.05) is 41.4 Å². The predicted molar refractivity (Wildman–Crippen MR) is 76.7 cm³/mol. The van der Waals surface area contributed by atoms with Crippen molar-refractivity contribution in [2.45, 2.75) is 18.4 Å². The van der Waals surface area contributed by atoms with E-state index in [0.717, 1.165) is 11.1 Å². The summed E-state index contributed by atoms with van der Waals surface area (Å²) in [4.78, 5) is 0.264. The first-order chi connectivity index (χ1) is 8.97. The molecule has 0 saturated carbocycles. The Labute approximate surface area is 118 Å². The first-order valence-electron chi connectivity index (χ1n) is 5.78. The van der Waals surface area contributed by atoms with Crippen LogP contribution in [0.3, 0.4) is 0 Å². The number of nitrogens with one attached hydrogen (secondary N) is 1. The molecular formula is C14H14ClNO2S. The fourth-order valence-corrected chi connectivity index (χ4v) is 2.86. The Bertz CT molecular complexity index is 666. The molecule has 0 aromatic heterocycles. The Morgan fingerprint density at radius 3 is 2.42 bits per heavy atom. The van der Waals surface area contributed by atoms with Gasteiger partial charge in [0.05, 0.1) is 4.90 Å². The third-order valence-electron chi connectivity index (χ3n) is 2.69. The van der Waals surface area contributed by atoms with Crippen molar-refractivity contribution in [1.82, 2.24) is 4.72 Å². The van der Waals surface area contributed by atoms with Crippen molar-refractivity contribution in [3.8, 4) is 0 Å². The van der Waals surface area contributed by atoms with Crippen molar-refractivity contribution in [2.24, 2.45) is 0 Å². The normalized spacial score (nSPS) is 11.5. The van der Waals surface area contributed by atoms with E-state index < -0.39 is 10.0 Å². The van der Waals surface area contributed by atoms with Gasteiger partial charge in [0.15, 0.2) is 0 Å². The van der Waals surface area contributed by atoms with Gasteiger partial charge in [-0.25, -0.2) is 13.1 Å². The van der Waals surface area contributed by atoms with E-state index >= 15 is 0 Å². The second-order valence-corrected chi connectivity index (χ2v) is 6.47. The molecule has 0 bridgehead atoms. The smallest absolute Gasteiger partial charge is 0.207 e. The van der Waals surface area contributed by atoms with Gasteiger partial charge in [0.1, 0.15) is 0 Å². The predicted octanol–water partition coefficient (Wildman–Crippen LogP) is 3.13. The van der Waals surface area contributed by atoms with E-state index in [1.165, 1.54) is 0 Å². The lowest BCUT2D eigenvalue weighted by atomic mass is 10.2. The van der Waals surface area contributed by atoms with Gasteiger partial charge in [-0.05, 0) is 36.8 Å². The SMILES string of the molecule is Cc1ccc(S(=O)(=O)NCc2cccc(Cl)c2)cc1. The van der Waals surface area contributed by atoms with Gasteiger partial charge in [0.2, 0.25) is 10.0 Å². The zero-order valence-electron chi connectivity index (χ0n) is 10.4. The minimum atomic E-state index is -3.48. The number of sulfonamides is 1. The third-order valence-corrected chi connectivity index (χ3v) is 4.34. The van der Waals surface area contributed by atoms with Crippen LogP contribution in [0.4, 0.5) is 0 Å². The number of hydrogen-bond acceptors (Lipinski definition) is 2. The lowest BCUT2D eigenvalue weighted by Crippen LogP contribution is -2.23. The average molecular weight is 296 g/mol. The van der Waals surface area contributed by atoms with E-state index in [-0.39, 0.29) is 11.4 Å². The molecule has 0 spiro atoms. The Morgan fingerprint density at radius 1 is 1.11 bits per heavy atom. The number of halogens is 1. The summed E-state index contributed by atoms with van der Waals surface area (Å²) in [6, 6.07) is 13.8. The van der Waals surface area contributed by atoms with Crippen molar-refractivity contribution in [3.05, 3.63) is 64.7 Å². The van der Waals surface area contributed by atoms with Gasteiger partial charge in [-0.15, -0.1) is 0 Å². The third kappa shape index (κ3) is 3.80. The van der Waals surface area contributed by atoms with Gasteiger partial charge in [-0.2, -0.15) is 0 Å². The van der Waals surface area contributed by atoms with E-state index in [9.17, 15) is 8.42 Å². The van der Waals surface area contributed by atoms with E-state index in [4.69, 9.17) is 11.6 Å². The molecule has 2 aromatic rings. The number of rotatable bonds is 4. The maximum Gasteiger partial charge on any atom is 0.240 e. The summed E-state index contributed by atoms with van der Waals surface area (Å²) in [5, 5.41) is 0.590. The summed E-state index contributed by atoms with van der Waals surface area (Å²) in [7, 11) is -3.48. The van der Waals surface area contributed by atoms with Crippen molar-refractivity contribution in [2.75, 3.05) is 0 Å². The molecule has 2 aromatic carbocycles. The van der Waals surface area contributed by atoms with Crippen LogP contribution < -0.4 is 4.72 Å². The lowest BCUT2D eigenvalue weighted by molar-refractivity contribution is 0.581. The molecule has 0 atom stereocenters. The lowest BCUT2D eigenvalue weighted by Gasteiger charge is -2.07. The Hall–Kier alpha value is -1.36. The van der Waals surface area contributed by atoms with Crippen LogP contribution in [0, 0.1) is 6.92 Å². The van der Waals surface area contributed by atoms with Crippen molar-refractivity contribution < 1.29 is 8.42 Å². The minimum Gasteiger partial charge on any atom is -0.207 e. The number of benzene rings is 2. The standard InChI is InChI=1S/C14H14ClNO2S/c1-11-5-7-14(8-6-11)19(17,18)16-10-12-3-2-4-13(15)9-12/h2-9,16H,10H2,1H3. The van der Waals surface area contributed by atoms with Crippen molar-refractivity contribution >= 4 is 21.6 Å². The van der Waals surface area contributed by atoms with Crippen LogP contribution >= 0.6 is 11.6 Å². The minimum absolute atomic E-state index is 0.219. The van der Waals surface area contributed by atoms with Crippen LogP contribution in [0.1, 0.15) is 11.1 Å².